The summed E-state index contributed by atoms with van der Waals surface area (Å²) in [5.74, 6) is -0.241. The fraction of sp³-hybridized carbons (Fsp3) is 0. The maximum atomic E-state index is 11.9. The van der Waals surface area contributed by atoms with Crippen LogP contribution in [0.2, 0.25) is 10.0 Å². The summed E-state index contributed by atoms with van der Waals surface area (Å²) >= 11 is 15.0. The predicted molar refractivity (Wildman–Crippen MR) is 75.6 cm³/mol. The summed E-state index contributed by atoms with van der Waals surface area (Å²) < 4.78 is 5.99. The first-order chi connectivity index (χ1) is 8.56. The Hall–Kier alpha value is -1.03. The van der Waals surface area contributed by atoms with Crippen LogP contribution in [-0.2, 0) is 0 Å². The van der Waals surface area contributed by atoms with Gasteiger partial charge in [0.1, 0.15) is 0 Å². The molecule has 0 spiro atoms. The van der Waals surface area contributed by atoms with Gasteiger partial charge in [0, 0.05) is 15.6 Å². The lowest BCUT2D eigenvalue weighted by molar-refractivity contribution is 0.0735. The third-order valence-corrected chi connectivity index (χ3v) is 3.20. The van der Waals surface area contributed by atoms with Crippen molar-refractivity contribution in [3.05, 3.63) is 62.5 Å². The molecule has 92 valence electrons. The number of carbonyl (C=O) groups is 1. The summed E-state index contributed by atoms with van der Waals surface area (Å²) in [6, 6.07) is 11.6. The molecule has 0 saturated heterocycles. The van der Waals surface area contributed by atoms with Crippen LogP contribution in [0.1, 0.15) is 10.4 Å². The third-order valence-electron chi connectivity index (χ3n) is 2.16. The van der Waals surface area contributed by atoms with Gasteiger partial charge in [0.15, 0.2) is 5.75 Å². The molecular formula is C13H7BrCl2O2. The van der Waals surface area contributed by atoms with E-state index in [1.54, 1.807) is 30.3 Å². The van der Waals surface area contributed by atoms with E-state index in [9.17, 15) is 4.79 Å². The van der Waals surface area contributed by atoms with Crippen molar-refractivity contribution < 1.29 is 9.53 Å². The van der Waals surface area contributed by atoms with Crippen LogP contribution in [0.25, 0.3) is 0 Å². The monoisotopic (exact) mass is 344 g/mol. The van der Waals surface area contributed by atoms with Crippen molar-refractivity contribution in [1.82, 2.24) is 0 Å². The van der Waals surface area contributed by atoms with E-state index >= 15 is 0 Å². The quantitative estimate of drug-likeness (QED) is 0.567. The largest absolute Gasteiger partial charge is 0.421 e. The molecule has 5 heteroatoms. The Morgan fingerprint density at radius 2 is 1.89 bits per heavy atom. The number of hydrogen-bond donors (Lipinski definition) is 0. The van der Waals surface area contributed by atoms with Crippen LogP contribution in [0, 0.1) is 0 Å². The highest BCUT2D eigenvalue weighted by molar-refractivity contribution is 9.10. The maximum absolute atomic E-state index is 11.9. The Morgan fingerprint density at radius 1 is 1.11 bits per heavy atom. The second-order valence-corrected chi connectivity index (χ2v) is 5.23. The Bertz CT molecular complexity index is 599. The van der Waals surface area contributed by atoms with Crippen LogP contribution in [0.15, 0.2) is 46.9 Å². The van der Waals surface area contributed by atoms with Crippen molar-refractivity contribution in [2.45, 2.75) is 0 Å². The Labute approximate surface area is 123 Å². The van der Waals surface area contributed by atoms with Gasteiger partial charge in [0.2, 0.25) is 0 Å². The molecule has 0 aliphatic rings. The lowest BCUT2D eigenvalue weighted by Gasteiger charge is -2.06. The Balaban J connectivity index is 2.24. The number of esters is 1. The number of rotatable bonds is 2. The first kappa shape index (κ1) is 13.4. The molecule has 0 aliphatic carbocycles. The minimum Gasteiger partial charge on any atom is -0.421 e. The SMILES string of the molecule is O=C(Oc1cc(Cl)ccc1Cl)c1cccc(Br)c1. The van der Waals surface area contributed by atoms with Crippen molar-refractivity contribution in [3.8, 4) is 5.75 Å². The summed E-state index contributed by atoms with van der Waals surface area (Å²) in [4.78, 5) is 11.9. The van der Waals surface area contributed by atoms with Crippen molar-refractivity contribution in [2.24, 2.45) is 0 Å². The van der Waals surface area contributed by atoms with Gasteiger partial charge in [-0.05, 0) is 30.3 Å². The number of ether oxygens (including phenoxy) is 1. The molecule has 2 aromatic rings. The smallest absolute Gasteiger partial charge is 0.343 e. The van der Waals surface area contributed by atoms with Crippen molar-refractivity contribution in [1.29, 1.82) is 0 Å². The van der Waals surface area contributed by atoms with Crippen LogP contribution < -0.4 is 4.74 Å². The summed E-state index contributed by atoms with van der Waals surface area (Å²) in [7, 11) is 0. The average molecular weight is 346 g/mol. The van der Waals surface area contributed by atoms with Gasteiger partial charge in [0.25, 0.3) is 0 Å². The molecule has 0 saturated carbocycles. The predicted octanol–water partition coefficient (Wildman–Crippen LogP) is 4.98. The number of halogens is 3. The van der Waals surface area contributed by atoms with Crippen LogP contribution >= 0.6 is 39.1 Å². The molecule has 0 unspecified atom stereocenters. The molecule has 0 heterocycles. The van der Waals surface area contributed by atoms with Gasteiger partial charge in [-0.25, -0.2) is 4.79 Å². The maximum Gasteiger partial charge on any atom is 0.343 e. The zero-order valence-corrected chi connectivity index (χ0v) is 12.1. The molecule has 0 N–H and O–H groups in total. The van der Waals surface area contributed by atoms with Crippen LogP contribution in [0.3, 0.4) is 0 Å². The molecule has 0 atom stereocenters. The third kappa shape index (κ3) is 3.25. The van der Waals surface area contributed by atoms with Gasteiger partial charge in [-0.3, -0.25) is 0 Å². The van der Waals surface area contributed by atoms with E-state index in [-0.39, 0.29) is 5.75 Å². The average Bonchev–Trinajstić information content (AvgIpc) is 2.34. The molecule has 18 heavy (non-hydrogen) atoms. The fourth-order valence-corrected chi connectivity index (χ4v) is 2.05. The molecule has 2 rings (SSSR count). The zero-order valence-electron chi connectivity index (χ0n) is 8.99. The summed E-state index contributed by atoms with van der Waals surface area (Å²) in [6.07, 6.45) is 0. The highest BCUT2D eigenvalue weighted by Gasteiger charge is 2.11. The van der Waals surface area contributed by atoms with E-state index in [0.29, 0.717) is 15.6 Å². The second kappa shape index (κ2) is 5.74. The molecule has 0 aromatic heterocycles. The van der Waals surface area contributed by atoms with Crippen LogP contribution in [-0.4, -0.2) is 5.97 Å². The van der Waals surface area contributed by atoms with Gasteiger partial charge in [-0.2, -0.15) is 0 Å². The van der Waals surface area contributed by atoms with Crippen molar-refractivity contribution >= 4 is 45.1 Å². The van der Waals surface area contributed by atoms with Crippen molar-refractivity contribution in [2.75, 3.05) is 0 Å². The van der Waals surface area contributed by atoms with E-state index in [4.69, 9.17) is 27.9 Å². The molecule has 0 aliphatic heterocycles. The summed E-state index contributed by atoms with van der Waals surface area (Å²) in [5, 5.41) is 0.791. The van der Waals surface area contributed by atoms with Gasteiger partial charge >= 0.3 is 5.97 Å². The van der Waals surface area contributed by atoms with E-state index in [1.165, 1.54) is 6.07 Å². The van der Waals surface area contributed by atoms with Gasteiger partial charge in [-0.15, -0.1) is 0 Å². The summed E-state index contributed by atoms with van der Waals surface area (Å²) in [5.41, 5.74) is 0.431. The molecule has 2 nitrogen and oxygen atoms in total. The van der Waals surface area contributed by atoms with Crippen LogP contribution in [0.5, 0.6) is 5.75 Å². The van der Waals surface area contributed by atoms with Gasteiger partial charge in [0.05, 0.1) is 10.6 Å². The Kier molecular flexibility index (Phi) is 4.27. The van der Waals surface area contributed by atoms with Gasteiger partial charge in [-0.1, -0.05) is 45.2 Å². The zero-order chi connectivity index (χ0) is 13.1. The Morgan fingerprint density at radius 3 is 2.61 bits per heavy atom. The summed E-state index contributed by atoms with van der Waals surface area (Å²) in [6.45, 7) is 0. The number of carbonyl (C=O) groups excluding carboxylic acids is 1. The van der Waals surface area contributed by atoms with E-state index in [1.807, 2.05) is 6.07 Å². The molecule has 0 amide bonds. The molecule has 0 fully saturated rings. The first-order valence-corrected chi connectivity index (χ1v) is 6.54. The first-order valence-electron chi connectivity index (χ1n) is 4.99. The molecule has 0 radical (unpaired) electrons. The number of benzene rings is 2. The van der Waals surface area contributed by atoms with E-state index in [2.05, 4.69) is 15.9 Å². The molecular weight excluding hydrogens is 339 g/mol. The minimum absolute atomic E-state index is 0.245. The topological polar surface area (TPSA) is 26.3 Å². The highest BCUT2D eigenvalue weighted by Crippen LogP contribution is 2.28. The fourth-order valence-electron chi connectivity index (χ4n) is 1.33. The molecule has 2 aromatic carbocycles. The van der Waals surface area contributed by atoms with Gasteiger partial charge < -0.3 is 4.74 Å². The standard InChI is InChI=1S/C13H7BrCl2O2/c14-9-3-1-2-8(6-9)13(17)18-12-7-10(15)4-5-11(12)16/h1-7H. The molecule has 0 bridgehead atoms. The normalized spacial score (nSPS) is 10.2. The lowest BCUT2D eigenvalue weighted by Crippen LogP contribution is -2.08. The number of hydrogen-bond acceptors (Lipinski definition) is 2. The second-order valence-electron chi connectivity index (χ2n) is 3.47. The lowest BCUT2D eigenvalue weighted by atomic mass is 10.2. The minimum atomic E-state index is -0.486. The highest BCUT2D eigenvalue weighted by atomic mass is 79.9. The van der Waals surface area contributed by atoms with E-state index < -0.39 is 5.97 Å². The van der Waals surface area contributed by atoms with Crippen LogP contribution in [0.4, 0.5) is 0 Å². The van der Waals surface area contributed by atoms with Crippen molar-refractivity contribution in [3.63, 3.8) is 0 Å². The van der Waals surface area contributed by atoms with E-state index in [0.717, 1.165) is 4.47 Å².